The van der Waals surface area contributed by atoms with Crippen molar-refractivity contribution in [3.05, 3.63) is 35.9 Å². The van der Waals surface area contributed by atoms with Gasteiger partial charge in [-0.15, -0.1) is 0 Å². The number of benzene rings is 1. The molecule has 23 heavy (non-hydrogen) atoms. The van der Waals surface area contributed by atoms with Crippen LogP contribution in [0.4, 0.5) is 0 Å². The monoisotopic (exact) mass is 318 g/mol. The molecule has 2 rings (SSSR count). The average Bonchev–Trinajstić information content (AvgIpc) is 2.61. The van der Waals surface area contributed by atoms with Crippen LogP contribution in [-0.4, -0.2) is 36.1 Å². The van der Waals surface area contributed by atoms with Gasteiger partial charge in [0.2, 0.25) is 0 Å². The smallest absolute Gasteiger partial charge is 0.309 e. The van der Waals surface area contributed by atoms with Crippen LogP contribution in [0.25, 0.3) is 0 Å². The molecule has 0 heterocycles. The molecule has 3 N–H and O–H groups in total. The zero-order chi connectivity index (χ0) is 16.5. The Bertz CT molecular complexity index is 498. The number of carbonyl (C=O) groups excluding carboxylic acids is 2. The van der Waals surface area contributed by atoms with E-state index in [1.807, 2.05) is 30.3 Å². The summed E-state index contributed by atoms with van der Waals surface area (Å²) in [6, 6.07) is 9.78. The Morgan fingerprint density at radius 3 is 2.39 bits per heavy atom. The summed E-state index contributed by atoms with van der Waals surface area (Å²) < 4.78 is 0. The minimum absolute atomic E-state index is 0.148. The fourth-order valence-electron chi connectivity index (χ4n) is 3.01. The molecule has 1 atom stereocenters. The van der Waals surface area contributed by atoms with Gasteiger partial charge in [-0.25, -0.2) is 0 Å². The fraction of sp³-hybridized carbons (Fsp3) is 0.556. The Hall–Kier alpha value is -1.88. The van der Waals surface area contributed by atoms with Crippen LogP contribution < -0.4 is 10.6 Å². The Morgan fingerprint density at radius 1 is 1.04 bits per heavy atom. The van der Waals surface area contributed by atoms with E-state index in [2.05, 4.69) is 10.6 Å². The van der Waals surface area contributed by atoms with Gasteiger partial charge < -0.3 is 15.7 Å². The molecule has 0 aromatic heterocycles. The molecule has 5 nitrogen and oxygen atoms in total. The van der Waals surface area contributed by atoms with Gasteiger partial charge in [-0.3, -0.25) is 9.59 Å². The predicted molar refractivity (Wildman–Crippen MR) is 88.7 cm³/mol. The number of carbonyl (C=O) groups is 2. The van der Waals surface area contributed by atoms with Crippen molar-refractivity contribution in [1.82, 2.24) is 10.6 Å². The first-order valence-electron chi connectivity index (χ1n) is 8.45. The van der Waals surface area contributed by atoms with Crippen LogP contribution >= 0.6 is 0 Å². The molecule has 0 radical (unpaired) electrons. The van der Waals surface area contributed by atoms with E-state index in [0.717, 1.165) is 31.2 Å². The zero-order valence-corrected chi connectivity index (χ0v) is 13.5. The molecule has 126 valence electrons. The van der Waals surface area contributed by atoms with E-state index in [9.17, 15) is 14.7 Å². The second-order valence-corrected chi connectivity index (χ2v) is 6.17. The van der Waals surface area contributed by atoms with E-state index in [1.165, 1.54) is 6.42 Å². The number of aliphatic hydroxyl groups excluding tert-OH is 1. The number of nitrogens with one attached hydrogen (secondary N) is 2. The molecule has 0 bridgehead atoms. The zero-order valence-electron chi connectivity index (χ0n) is 13.5. The summed E-state index contributed by atoms with van der Waals surface area (Å²) in [5, 5.41) is 15.2. The summed E-state index contributed by atoms with van der Waals surface area (Å²) in [5.41, 5.74) is 1.11. The number of hydrogen-bond acceptors (Lipinski definition) is 3. The van der Waals surface area contributed by atoms with E-state index in [0.29, 0.717) is 13.0 Å². The molecule has 1 aromatic rings. The third kappa shape index (κ3) is 6.02. The van der Waals surface area contributed by atoms with Crippen molar-refractivity contribution in [1.29, 1.82) is 0 Å². The highest BCUT2D eigenvalue weighted by Crippen LogP contribution is 2.26. The van der Waals surface area contributed by atoms with Crippen molar-refractivity contribution in [2.45, 2.75) is 44.6 Å². The molecule has 0 saturated heterocycles. The number of amides is 2. The first kappa shape index (κ1) is 17.5. The van der Waals surface area contributed by atoms with E-state index < -0.39 is 17.9 Å². The highest BCUT2D eigenvalue weighted by Gasteiger charge is 2.23. The Kier molecular flexibility index (Phi) is 7.07. The normalized spacial score (nSPS) is 16.6. The van der Waals surface area contributed by atoms with Crippen LogP contribution in [0.15, 0.2) is 30.3 Å². The molecule has 0 spiro atoms. The highest BCUT2D eigenvalue weighted by atomic mass is 16.3. The van der Waals surface area contributed by atoms with Crippen molar-refractivity contribution in [3.63, 3.8) is 0 Å². The first-order valence-corrected chi connectivity index (χ1v) is 8.45. The Morgan fingerprint density at radius 2 is 1.70 bits per heavy atom. The lowest BCUT2D eigenvalue weighted by molar-refractivity contribution is -0.139. The van der Waals surface area contributed by atoms with Crippen molar-refractivity contribution >= 4 is 11.8 Å². The third-order valence-corrected chi connectivity index (χ3v) is 4.41. The van der Waals surface area contributed by atoms with Gasteiger partial charge in [-0.2, -0.15) is 0 Å². The van der Waals surface area contributed by atoms with Crippen LogP contribution in [0.2, 0.25) is 0 Å². The average molecular weight is 318 g/mol. The lowest BCUT2D eigenvalue weighted by Gasteiger charge is -2.26. The standard InChI is InChI=1S/C18H26N2O3/c21-16(15-9-5-2-6-10-15)13-20-18(23)17(22)19-12-11-14-7-3-1-4-8-14/h1,3-4,7-8,15-16,21H,2,5-6,9-13H2,(H,19,22)(H,20,23)/t16-/m1/s1. The van der Waals surface area contributed by atoms with Gasteiger partial charge in [0.15, 0.2) is 0 Å². The molecule has 2 amide bonds. The molecule has 1 fully saturated rings. The van der Waals surface area contributed by atoms with Crippen molar-refractivity contribution in [3.8, 4) is 0 Å². The topological polar surface area (TPSA) is 78.4 Å². The summed E-state index contributed by atoms with van der Waals surface area (Å²) in [7, 11) is 0. The van der Waals surface area contributed by atoms with Crippen molar-refractivity contribution in [2.24, 2.45) is 5.92 Å². The maximum Gasteiger partial charge on any atom is 0.309 e. The van der Waals surface area contributed by atoms with Gasteiger partial charge in [-0.05, 0) is 30.7 Å². The largest absolute Gasteiger partial charge is 0.391 e. The molecule has 1 aliphatic rings. The van der Waals surface area contributed by atoms with Crippen LogP contribution in [0.1, 0.15) is 37.7 Å². The third-order valence-electron chi connectivity index (χ3n) is 4.41. The minimum atomic E-state index is -0.673. The molecule has 0 aliphatic heterocycles. The minimum Gasteiger partial charge on any atom is -0.391 e. The summed E-state index contributed by atoms with van der Waals surface area (Å²) in [5.74, 6) is -1.07. The summed E-state index contributed by atoms with van der Waals surface area (Å²) in [6.07, 6.45) is 5.62. The van der Waals surface area contributed by atoms with E-state index in [4.69, 9.17) is 0 Å². The lowest BCUT2D eigenvalue weighted by Crippen LogP contribution is -2.44. The second kappa shape index (κ2) is 9.30. The van der Waals surface area contributed by atoms with Gasteiger partial charge in [0.1, 0.15) is 0 Å². The maximum absolute atomic E-state index is 11.7. The highest BCUT2D eigenvalue weighted by molar-refractivity contribution is 6.35. The molecule has 0 unspecified atom stereocenters. The van der Waals surface area contributed by atoms with E-state index in [1.54, 1.807) is 0 Å². The van der Waals surface area contributed by atoms with Gasteiger partial charge in [0.25, 0.3) is 0 Å². The molecular weight excluding hydrogens is 292 g/mol. The maximum atomic E-state index is 11.7. The molecular formula is C18H26N2O3. The number of hydrogen-bond donors (Lipinski definition) is 3. The SMILES string of the molecule is O=C(NCCc1ccccc1)C(=O)NC[C@@H](O)C1CCCCC1. The second-order valence-electron chi connectivity index (χ2n) is 6.17. The molecule has 1 aromatic carbocycles. The van der Waals surface area contributed by atoms with Gasteiger partial charge in [0.05, 0.1) is 6.10 Å². The van der Waals surface area contributed by atoms with Gasteiger partial charge in [-0.1, -0.05) is 49.6 Å². The van der Waals surface area contributed by atoms with Crippen LogP contribution in [-0.2, 0) is 16.0 Å². The predicted octanol–water partition coefficient (Wildman–Crippen LogP) is 1.40. The van der Waals surface area contributed by atoms with Crippen LogP contribution in [0, 0.1) is 5.92 Å². The number of aliphatic hydroxyl groups is 1. The fourth-order valence-corrected chi connectivity index (χ4v) is 3.01. The molecule has 5 heteroatoms. The summed E-state index contributed by atoms with van der Waals surface area (Å²) in [6.45, 7) is 0.567. The van der Waals surface area contributed by atoms with Crippen LogP contribution in [0.5, 0.6) is 0 Å². The molecule has 1 aliphatic carbocycles. The summed E-state index contributed by atoms with van der Waals surface area (Å²) in [4.78, 5) is 23.5. The summed E-state index contributed by atoms with van der Waals surface area (Å²) >= 11 is 0. The van der Waals surface area contributed by atoms with E-state index in [-0.39, 0.29) is 12.5 Å². The number of rotatable bonds is 6. The van der Waals surface area contributed by atoms with Crippen molar-refractivity contribution in [2.75, 3.05) is 13.1 Å². The Balaban J connectivity index is 1.63. The van der Waals surface area contributed by atoms with Gasteiger partial charge in [0, 0.05) is 13.1 Å². The van der Waals surface area contributed by atoms with Crippen molar-refractivity contribution < 1.29 is 14.7 Å². The quantitative estimate of drug-likeness (QED) is 0.694. The Labute approximate surface area is 137 Å². The van der Waals surface area contributed by atoms with Crippen LogP contribution in [0.3, 0.4) is 0 Å². The first-order chi connectivity index (χ1) is 11.2. The van der Waals surface area contributed by atoms with E-state index >= 15 is 0 Å². The lowest BCUT2D eigenvalue weighted by atomic mass is 9.85. The molecule has 1 saturated carbocycles. The van der Waals surface area contributed by atoms with Gasteiger partial charge >= 0.3 is 11.8 Å².